The molecule has 0 unspecified atom stereocenters. The van der Waals surface area contributed by atoms with Crippen molar-refractivity contribution in [1.82, 2.24) is 18.9 Å². The number of amides is 1. The second-order valence-corrected chi connectivity index (χ2v) is 7.44. The average molecular weight is 379 g/mol. The number of aromatic nitrogens is 4. The molecule has 134 valence electrons. The smallest absolute Gasteiger partial charge is 0.269 e. The third-order valence-electron chi connectivity index (χ3n) is 3.90. The first-order valence-corrected chi connectivity index (χ1v) is 9.35. The molecule has 0 radical (unpaired) electrons. The number of anilines is 1. The van der Waals surface area contributed by atoms with Gasteiger partial charge in [0, 0.05) is 11.3 Å². The van der Waals surface area contributed by atoms with Gasteiger partial charge in [-0.15, -0.1) is 0 Å². The lowest BCUT2D eigenvalue weighted by Gasteiger charge is -2.08. The van der Waals surface area contributed by atoms with E-state index in [1.807, 2.05) is 18.2 Å². The van der Waals surface area contributed by atoms with Crippen LogP contribution in [0.4, 0.5) is 5.69 Å². The fraction of sp³-hybridized carbons (Fsp3) is 0. The zero-order valence-corrected chi connectivity index (χ0v) is 14.7. The van der Waals surface area contributed by atoms with E-state index in [2.05, 4.69) is 20.3 Å². The molecule has 4 aromatic rings. The number of rotatable bonds is 4. The molecular weight excluding hydrogens is 366 g/mol. The summed E-state index contributed by atoms with van der Waals surface area (Å²) >= 11 is 0. The predicted molar refractivity (Wildman–Crippen MR) is 98.7 cm³/mol. The van der Waals surface area contributed by atoms with Crippen LogP contribution >= 0.6 is 0 Å². The lowest BCUT2D eigenvalue weighted by molar-refractivity contribution is 0.102. The van der Waals surface area contributed by atoms with Crippen LogP contribution in [-0.2, 0) is 10.0 Å². The molecule has 27 heavy (non-hydrogen) atoms. The molecule has 2 aromatic carbocycles. The Kier molecular flexibility index (Phi) is 4.13. The van der Waals surface area contributed by atoms with Crippen LogP contribution < -0.4 is 5.32 Å². The van der Waals surface area contributed by atoms with Gasteiger partial charge in [-0.25, -0.2) is 27.3 Å². The highest BCUT2D eigenvalue weighted by atomic mass is 32.2. The topological polar surface area (TPSA) is 107 Å². The molecule has 0 fully saturated rings. The first-order chi connectivity index (χ1) is 13.1. The average Bonchev–Trinajstić information content (AvgIpc) is 3.14. The molecule has 0 aliphatic carbocycles. The van der Waals surface area contributed by atoms with Gasteiger partial charge in [-0.2, -0.15) is 0 Å². The Bertz CT molecular complexity index is 1220. The van der Waals surface area contributed by atoms with Crippen molar-refractivity contribution in [2.24, 2.45) is 0 Å². The molecule has 0 aliphatic heterocycles. The monoisotopic (exact) mass is 379 g/mol. The number of nitrogens with one attached hydrogen (secondary N) is 1. The predicted octanol–water partition coefficient (Wildman–Crippen LogP) is 2.32. The van der Waals surface area contributed by atoms with Gasteiger partial charge in [0.2, 0.25) is 0 Å². The van der Waals surface area contributed by atoms with Crippen LogP contribution in [0.5, 0.6) is 0 Å². The van der Waals surface area contributed by atoms with Crippen LogP contribution in [0.3, 0.4) is 0 Å². The van der Waals surface area contributed by atoms with E-state index in [-0.39, 0.29) is 22.0 Å². The summed E-state index contributed by atoms with van der Waals surface area (Å²) in [4.78, 5) is 24.1. The maximum Gasteiger partial charge on any atom is 0.269 e. The third-order valence-corrected chi connectivity index (χ3v) is 5.58. The number of carbonyl (C=O) groups excluding carboxylic acids is 1. The van der Waals surface area contributed by atoms with Gasteiger partial charge in [0.05, 0.1) is 11.1 Å². The van der Waals surface area contributed by atoms with Crippen LogP contribution in [-0.4, -0.2) is 33.2 Å². The Labute approximate surface area is 154 Å². The number of imidazole rings is 1. The number of hydrogen-bond donors (Lipinski definition) is 1. The van der Waals surface area contributed by atoms with E-state index in [1.54, 1.807) is 12.1 Å². The van der Waals surface area contributed by atoms with Crippen molar-refractivity contribution < 1.29 is 13.2 Å². The Morgan fingerprint density at radius 2 is 1.70 bits per heavy atom. The SMILES string of the molecule is O=C(Nc1ccccc1)c1ccc(S(=O)(=O)n2cnc3ncncc32)cc1. The molecule has 1 N–H and O–H groups in total. The molecule has 9 heteroatoms. The molecule has 0 bridgehead atoms. The summed E-state index contributed by atoms with van der Waals surface area (Å²) in [7, 11) is -3.88. The lowest BCUT2D eigenvalue weighted by atomic mass is 10.2. The Morgan fingerprint density at radius 1 is 0.963 bits per heavy atom. The van der Waals surface area contributed by atoms with Crippen LogP contribution in [0.25, 0.3) is 11.2 Å². The summed E-state index contributed by atoms with van der Waals surface area (Å²) in [6, 6.07) is 14.7. The number of para-hydroxylation sites is 1. The maximum atomic E-state index is 12.8. The van der Waals surface area contributed by atoms with Crippen molar-refractivity contribution in [2.75, 3.05) is 5.32 Å². The van der Waals surface area contributed by atoms with Crippen LogP contribution in [0.1, 0.15) is 10.4 Å². The van der Waals surface area contributed by atoms with E-state index in [4.69, 9.17) is 0 Å². The minimum absolute atomic E-state index is 0.0296. The summed E-state index contributed by atoms with van der Waals surface area (Å²) in [5.74, 6) is -0.327. The molecule has 4 rings (SSSR count). The van der Waals surface area contributed by atoms with Crippen LogP contribution in [0.2, 0.25) is 0 Å². The number of nitrogens with zero attached hydrogens (tertiary/aromatic N) is 4. The van der Waals surface area contributed by atoms with Gasteiger partial charge in [0.1, 0.15) is 18.2 Å². The van der Waals surface area contributed by atoms with Crippen molar-refractivity contribution in [3.8, 4) is 0 Å². The molecule has 1 amide bonds. The first kappa shape index (κ1) is 16.9. The molecule has 0 atom stereocenters. The van der Waals surface area contributed by atoms with Crippen molar-refractivity contribution in [3.63, 3.8) is 0 Å². The number of hydrogen-bond acceptors (Lipinski definition) is 6. The highest BCUT2D eigenvalue weighted by Crippen LogP contribution is 2.19. The zero-order valence-electron chi connectivity index (χ0n) is 13.9. The van der Waals surface area contributed by atoms with E-state index in [0.29, 0.717) is 11.3 Å². The van der Waals surface area contributed by atoms with E-state index in [9.17, 15) is 13.2 Å². The molecule has 2 aromatic heterocycles. The maximum absolute atomic E-state index is 12.8. The number of benzene rings is 2. The normalized spacial score (nSPS) is 11.4. The minimum atomic E-state index is -3.88. The van der Waals surface area contributed by atoms with Crippen LogP contribution in [0.15, 0.2) is 78.3 Å². The highest BCUT2D eigenvalue weighted by Gasteiger charge is 2.20. The first-order valence-electron chi connectivity index (χ1n) is 7.91. The fourth-order valence-corrected chi connectivity index (χ4v) is 3.81. The highest BCUT2D eigenvalue weighted by molar-refractivity contribution is 7.90. The van der Waals surface area contributed by atoms with E-state index in [1.165, 1.54) is 43.1 Å². The summed E-state index contributed by atoms with van der Waals surface area (Å²) in [6.07, 6.45) is 3.87. The van der Waals surface area contributed by atoms with Gasteiger partial charge in [-0.05, 0) is 36.4 Å². The molecule has 0 saturated heterocycles. The summed E-state index contributed by atoms with van der Waals surface area (Å²) in [5.41, 5.74) is 1.57. The van der Waals surface area contributed by atoms with E-state index < -0.39 is 10.0 Å². The Hall–Kier alpha value is -3.59. The fourth-order valence-electron chi connectivity index (χ4n) is 2.55. The molecule has 0 spiro atoms. The third kappa shape index (κ3) is 3.15. The van der Waals surface area contributed by atoms with E-state index in [0.717, 1.165) is 3.97 Å². The number of carbonyl (C=O) groups is 1. The molecule has 0 aliphatic rings. The molecule has 2 heterocycles. The minimum Gasteiger partial charge on any atom is -0.322 e. The van der Waals surface area contributed by atoms with Crippen molar-refractivity contribution in [1.29, 1.82) is 0 Å². The second kappa shape index (κ2) is 6.61. The van der Waals surface area contributed by atoms with Crippen LogP contribution in [0, 0.1) is 0 Å². The van der Waals surface area contributed by atoms with Gasteiger partial charge >= 0.3 is 0 Å². The van der Waals surface area contributed by atoms with Crippen molar-refractivity contribution in [3.05, 3.63) is 79.0 Å². The molecule has 8 nitrogen and oxygen atoms in total. The summed E-state index contributed by atoms with van der Waals surface area (Å²) in [6.45, 7) is 0. The van der Waals surface area contributed by atoms with Crippen molar-refractivity contribution >= 4 is 32.8 Å². The largest absolute Gasteiger partial charge is 0.322 e. The van der Waals surface area contributed by atoms with Gasteiger partial charge in [-0.1, -0.05) is 18.2 Å². The summed E-state index contributed by atoms with van der Waals surface area (Å²) in [5, 5.41) is 2.75. The van der Waals surface area contributed by atoms with Crippen molar-refractivity contribution in [2.45, 2.75) is 4.90 Å². The van der Waals surface area contributed by atoms with Gasteiger partial charge in [0.15, 0.2) is 5.65 Å². The zero-order chi connectivity index (χ0) is 18.9. The standard InChI is InChI=1S/C18H13N5O3S/c24-18(22-14-4-2-1-3-5-14)13-6-8-15(9-7-13)27(25,26)23-12-21-17-16(23)10-19-11-20-17/h1-12H,(H,22,24). The molecule has 0 saturated carbocycles. The van der Waals surface area contributed by atoms with Gasteiger partial charge < -0.3 is 5.32 Å². The van der Waals surface area contributed by atoms with Gasteiger partial charge in [-0.3, -0.25) is 4.79 Å². The molecular formula is C18H13N5O3S. The lowest BCUT2D eigenvalue weighted by Crippen LogP contribution is -2.14. The van der Waals surface area contributed by atoms with E-state index >= 15 is 0 Å². The quantitative estimate of drug-likeness (QED) is 0.583. The Balaban J connectivity index is 1.62. The number of fused-ring (bicyclic) bond motifs is 1. The summed E-state index contributed by atoms with van der Waals surface area (Å²) < 4.78 is 26.7. The second-order valence-electron chi connectivity index (χ2n) is 5.62. The Morgan fingerprint density at radius 3 is 2.44 bits per heavy atom. The van der Waals surface area contributed by atoms with Gasteiger partial charge in [0.25, 0.3) is 15.9 Å².